The molecule has 0 unspecified atom stereocenters. The molecule has 0 saturated carbocycles. The lowest BCUT2D eigenvalue weighted by molar-refractivity contribution is -0.174. The molecule has 0 spiro atoms. The maximum Gasteiger partial charge on any atom is 0.348 e. The molecule has 0 aromatic heterocycles. The second kappa shape index (κ2) is 5.81. The first-order valence-electron chi connectivity index (χ1n) is 5.38. The van der Waals surface area contributed by atoms with Crippen LogP contribution in [0.15, 0.2) is 0 Å². The van der Waals surface area contributed by atoms with Gasteiger partial charge in [0.05, 0.1) is 7.11 Å². The minimum Gasteiger partial charge on any atom is -0.467 e. The third kappa shape index (κ3) is 3.19. The topological polar surface area (TPSA) is 93.7 Å². The second-order valence-electron chi connectivity index (χ2n) is 4.57. The fraction of sp³-hybridized carbons (Fsp3) is 0.727. The van der Waals surface area contributed by atoms with E-state index in [9.17, 15) is 14.4 Å². The van der Waals surface area contributed by atoms with Crippen LogP contribution in [0.4, 0.5) is 0 Å². The molecule has 0 aromatic carbocycles. The number of esters is 2. The van der Waals surface area contributed by atoms with Crippen LogP contribution in [-0.4, -0.2) is 50.2 Å². The summed E-state index contributed by atoms with van der Waals surface area (Å²) in [4.78, 5) is 35.6. The minimum atomic E-state index is -2.20. The smallest absolute Gasteiger partial charge is 0.348 e. The molecule has 1 atom stereocenters. The number of carbonyl (C=O) groups excluding carboxylic acids is 3. The highest BCUT2D eigenvalue weighted by molar-refractivity contribution is 6.24. The van der Waals surface area contributed by atoms with E-state index in [-0.39, 0.29) is 0 Å². The van der Waals surface area contributed by atoms with Gasteiger partial charge in [-0.1, -0.05) is 0 Å². The van der Waals surface area contributed by atoms with Gasteiger partial charge < -0.3 is 14.8 Å². The fourth-order valence-corrected chi connectivity index (χ4v) is 1.28. The molecule has 7 nitrogen and oxygen atoms in total. The van der Waals surface area contributed by atoms with Crippen LogP contribution in [0.25, 0.3) is 0 Å². The predicted molar refractivity (Wildman–Crippen MR) is 63.7 cm³/mol. The maximum absolute atomic E-state index is 12.1. The van der Waals surface area contributed by atoms with Gasteiger partial charge in [0.1, 0.15) is 5.60 Å². The number of hydrogen-bond acceptors (Lipinski definition) is 6. The average molecular weight is 260 g/mol. The summed E-state index contributed by atoms with van der Waals surface area (Å²) >= 11 is 0. The number of ether oxygens (including phenoxy) is 2. The molecule has 0 aliphatic rings. The van der Waals surface area contributed by atoms with Crippen LogP contribution >= 0.6 is 0 Å². The van der Waals surface area contributed by atoms with E-state index in [1.807, 2.05) is 0 Å². The van der Waals surface area contributed by atoms with Crippen molar-refractivity contribution in [1.29, 1.82) is 0 Å². The maximum atomic E-state index is 12.1. The second-order valence-corrected chi connectivity index (χ2v) is 4.57. The molecule has 0 saturated heterocycles. The number of rotatable bonds is 4. The van der Waals surface area contributed by atoms with Crippen molar-refractivity contribution in [3.63, 3.8) is 0 Å². The summed E-state index contributed by atoms with van der Waals surface area (Å²) in [6.45, 7) is 4.89. The molecular formula is C11H20N2O5. The highest BCUT2D eigenvalue weighted by Crippen LogP contribution is 2.16. The van der Waals surface area contributed by atoms with E-state index in [0.29, 0.717) is 0 Å². The number of hydrogen-bond donors (Lipinski definition) is 2. The molecule has 0 radical (unpaired) electrons. The van der Waals surface area contributed by atoms with Gasteiger partial charge in [0.2, 0.25) is 0 Å². The summed E-state index contributed by atoms with van der Waals surface area (Å²) in [5.41, 5.74) is -3.03. The first-order valence-corrected chi connectivity index (χ1v) is 5.38. The highest BCUT2D eigenvalue weighted by atomic mass is 16.6. The largest absolute Gasteiger partial charge is 0.467 e. The van der Waals surface area contributed by atoms with Crippen LogP contribution in [0.1, 0.15) is 20.8 Å². The van der Waals surface area contributed by atoms with Crippen molar-refractivity contribution in [2.45, 2.75) is 31.9 Å². The van der Waals surface area contributed by atoms with Crippen molar-refractivity contribution >= 4 is 17.8 Å². The fourth-order valence-electron chi connectivity index (χ4n) is 1.28. The molecule has 7 heteroatoms. The van der Waals surface area contributed by atoms with Gasteiger partial charge in [0, 0.05) is 7.05 Å². The Hall–Kier alpha value is -1.63. The van der Waals surface area contributed by atoms with Gasteiger partial charge in [-0.3, -0.25) is 10.1 Å². The normalized spacial score (nSPS) is 14.3. The summed E-state index contributed by atoms with van der Waals surface area (Å²) in [5.74, 6) is -2.88. The van der Waals surface area contributed by atoms with E-state index >= 15 is 0 Å². The monoisotopic (exact) mass is 260 g/mol. The van der Waals surface area contributed by atoms with Gasteiger partial charge >= 0.3 is 11.9 Å². The van der Waals surface area contributed by atoms with Crippen LogP contribution in [0.3, 0.4) is 0 Å². The van der Waals surface area contributed by atoms with E-state index < -0.39 is 29.0 Å². The molecule has 0 aromatic rings. The lowest BCUT2D eigenvalue weighted by Crippen LogP contribution is -2.67. The van der Waals surface area contributed by atoms with E-state index in [1.54, 1.807) is 20.8 Å². The molecule has 1 amide bonds. The standard InChI is InChI=1S/C11H20N2O5/c1-10(2,3)18-9(16)11(13-5,7(14)12-4)8(15)17-6/h13H,1-6H3,(H,12,14)/t11-/m1/s1. The Labute approximate surface area is 106 Å². The van der Waals surface area contributed by atoms with E-state index in [1.165, 1.54) is 14.1 Å². The number of nitrogens with one attached hydrogen (secondary N) is 2. The van der Waals surface area contributed by atoms with Crippen molar-refractivity contribution in [3.8, 4) is 0 Å². The summed E-state index contributed by atoms with van der Waals surface area (Å²) < 4.78 is 9.58. The van der Waals surface area contributed by atoms with Crippen LogP contribution in [0, 0.1) is 0 Å². The zero-order chi connectivity index (χ0) is 14.6. The van der Waals surface area contributed by atoms with Crippen molar-refractivity contribution in [1.82, 2.24) is 10.6 Å². The summed E-state index contributed by atoms with van der Waals surface area (Å²) in [6.07, 6.45) is 0. The van der Waals surface area contributed by atoms with Crippen molar-refractivity contribution < 1.29 is 23.9 Å². The first kappa shape index (κ1) is 16.4. The molecule has 0 heterocycles. The van der Waals surface area contributed by atoms with Gasteiger partial charge in [0.25, 0.3) is 11.4 Å². The summed E-state index contributed by atoms with van der Waals surface area (Å²) in [5, 5.41) is 4.61. The van der Waals surface area contributed by atoms with Crippen molar-refractivity contribution in [2.75, 3.05) is 21.2 Å². The quantitative estimate of drug-likeness (QED) is 0.508. The SMILES string of the molecule is CNC(=O)[C@@](NC)(C(=O)OC)C(=O)OC(C)(C)C. The third-order valence-electron chi connectivity index (χ3n) is 2.14. The van der Waals surface area contributed by atoms with Gasteiger partial charge in [-0.2, -0.15) is 0 Å². The Morgan fingerprint density at radius 1 is 1.00 bits per heavy atom. The molecule has 2 N–H and O–H groups in total. The Kier molecular flexibility index (Phi) is 5.29. The summed E-state index contributed by atoms with van der Waals surface area (Å²) in [6, 6.07) is 0. The van der Waals surface area contributed by atoms with Crippen molar-refractivity contribution in [3.05, 3.63) is 0 Å². The van der Waals surface area contributed by atoms with E-state index in [0.717, 1.165) is 7.11 Å². The van der Waals surface area contributed by atoms with Gasteiger partial charge in [-0.15, -0.1) is 0 Å². The van der Waals surface area contributed by atoms with E-state index in [4.69, 9.17) is 4.74 Å². The van der Waals surface area contributed by atoms with Crippen LogP contribution in [-0.2, 0) is 23.9 Å². The predicted octanol–water partition coefficient (Wildman–Crippen LogP) is -0.795. The molecule has 18 heavy (non-hydrogen) atoms. The van der Waals surface area contributed by atoms with E-state index in [2.05, 4.69) is 15.4 Å². The van der Waals surface area contributed by atoms with Gasteiger partial charge in [-0.05, 0) is 27.8 Å². The molecular weight excluding hydrogens is 240 g/mol. The molecule has 0 rings (SSSR count). The average Bonchev–Trinajstić information content (AvgIpc) is 2.27. The Morgan fingerprint density at radius 3 is 1.78 bits per heavy atom. The minimum absolute atomic E-state index is 0.832. The Morgan fingerprint density at radius 2 is 1.50 bits per heavy atom. The third-order valence-corrected chi connectivity index (χ3v) is 2.14. The Balaban J connectivity index is 5.52. The highest BCUT2D eigenvalue weighted by Gasteiger charge is 2.55. The number of methoxy groups -OCH3 is 1. The van der Waals surface area contributed by atoms with Crippen LogP contribution < -0.4 is 10.6 Å². The first-order chi connectivity index (χ1) is 8.15. The lowest BCUT2D eigenvalue weighted by Gasteiger charge is -2.30. The van der Waals surface area contributed by atoms with Crippen LogP contribution in [0.2, 0.25) is 0 Å². The molecule has 0 aliphatic carbocycles. The zero-order valence-corrected chi connectivity index (χ0v) is 11.5. The number of likely N-dealkylation sites (N-methyl/N-ethyl adjacent to an activating group) is 2. The molecule has 104 valence electrons. The lowest BCUT2D eigenvalue weighted by atomic mass is 9.98. The van der Waals surface area contributed by atoms with Gasteiger partial charge in [-0.25, -0.2) is 9.59 Å². The molecule has 0 fully saturated rings. The van der Waals surface area contributed by atoms with Crippen molar-refractivity contribution in [2.24, 2.45) is 0 Å². The summed E-state index contributed by atoms with van der Waals surface area (Å²) in [7, 11) is 3.69. The number of amides is 1. The molecule has 0 aliphatic heterocycles. The zero-order valence-electron chi connectivity index (χ0n) is 11.5. The van der Waals surface area contributed by atoms with Crippen LogP contribution in [0.5, 0.6) is 0 Å². The number of carbonyl (C=O) groups is 3. The van der Waals surface area contributed by atoms with Gasteiger partial charge in [0.15, 0.2) is 0 Å². The molecule has 0 bridgehead atoms. The Bertz CT molecular complexity index is 330.